The first-order valence-corrected chi connectivity index (χ1v) is 11.6. The minimum atomic E-state index is -0.243. The third-order valence-corrected chi connectivity index (χ3v) is 8.32. The topological polar surface area (TPSA) is 44.8 Å². The lowest BCUT2D eigenvalue weighted by molar-refractivity contribution is -0.127. The Hall–Kier alpha value is -2.75. The van der Waals surface area contributed by atoms with Gasteiger partial charge in [-0.05, 0) is 102 Å². The van der Waals surface area contributed by atoms with Gasteiger partial charge in [-0.25, -0.2) is 0 Å². The third-order valence-electron chi connectivity index (χ3n) is 8.32. The van der Waals surface area contributed by atoms with Crippen LogP contribution in [-0.2, 0) is 11.2 Å². The van der Waals surface area contributed by atoms with Crippen LogP contribution in [0.2, 0.25) is 0 Å². The molecule has 0 aliphatic heterocycles. The second-order valence-corrected chi connectivity index (χ2v) is 9.75. The minimum absolute atomic E-state index is 0.243. The molecule has 0 spiro atoms. The summed E-state index contributed by atoms with van der Waals surface area (Å²) in [5.74, 6) is 4.21. The van der Waals surface area contributed by atoms with Crippen molar-refractivity contribution in [3.8, 4) is 17.2 Å². The zero-order chi connectivity index (χ0) is 22.5. The van der Waals surface area contributed by atoms with Gasteiger partial charge in [-0.2, -0.15) is 0 Å². The van der Waals surface area contributed by atoms with Crippen LogP contribution in [0.4, 0.5) is 0 Å². The van der Waals surface area contributed by atoms with Gasteiger partial charge in [0.05, 0.1) is 21.3 Å². The van der Waals surface area contributed by atoms with Crippen molar-refractivity contribution in [2.45, 2.75) is 44.9 Å². The number of allylic oxidation sites excluding steroid dienone is 1. The van der Waals surface area contributed by atoms with E-state index in [-0.39, 0.29) is 5.41 Å². The van der Waals surface area contributed by atoms with Gasteiger partial charge in [0.25, 0.3) is 0 Å². The van der Waals surface area contributed by atoms with Crippen LogP contribution < -0.4 is 14.2 Å². The summed E-state index contributed by atoms with van der Waals surface area (Å²) >= 11 is 0. The van der Waals surface area contributed by atoms with Gasteiger partial charge >= 0.3 is 0 Å². The lowest BCUT2D eigenvalue weighted by Crippen LogP contribution is -2.42. The number of benzene rings is 2. The average Bonchev–Trinajstić information content (AvgIpc) is 3.08. The molecule has 0 bridgehead atoms. The second kappa shape index (κ2) is 7.99. The summed E-state index contributed by atoms with van der Waals surface area (Å²) in [5, 5.41) is 0. The number of Topliss-reactive ketones (excluding diaryl/α,β-unsaturated/α-hetero) is 1. The summed E-state index contributed by atoms with van der Waals surface area (Å²) in [4.78, 5) is 13.6. The molecule has 0 unspecified atom stereocenters. The Kier molecular flexibility index (Phi) is 5.27. The molecule has 0 N–H and O–H groups in total. The number of carbonyl (C=O) groups excluding carboxylic acids is 1. The zero-order valence-corrected chi connectivity index (χ0v) is 19.4. The van der Waals surface area contributed by atoms with E-state index in [1.54, 1.807) is 21.3 Å². The molecule has 0 radical (unpaired) electrons. The second-order valence-electron chi connectivity index (χ2n) is 9.75. The number of ketones is 1. The molecule has 0 amide bonds. The van der Waals surface area contributed by atoms with E-state index in [4.69, 9.17) is 14.2 Å². The van der Waals surface area contributed by atoms with E-state index in [1.165, 1.54) is 11.1 Å². The standard InChI is InChI=1S/C28H32O4/c1-28-12-11-22-21-9-7-20(30-2)15-18(21)6-8-23(22)24(28)16-19(27(28)29)13-17-5-10-25(31-3)26(14-17)32-4/h5,7,9-10,13-15,22-24H,6,8,11-12,16H2,1-4H3/b19-13+/t22-,23-,24+,28-/m1/s1. The molecule has 4 heteroatoms. The monoisotopic (exact) mass is 432 g/mol. The van der Waals surface area contributed by atoms with Gasteiger partial charge in [0.15, 0.2) is 17.3 Å². The lowest BCUT2D eigenvalue weighted by atomic mass is 9.55. The van der Waals surface area contributed by atoms with Crippen LogP contribution in [0.15, 0.2) is 42.0 Å². The molecule has 2 aromatic carbocycles. The van der Waals surface area contributed by atoms with E-state index in [0.717, 1.165) is 49.0 Å². The highest BCUT2D eigenvalue weighted by Crippen LogP contribution is 2.61. The quantitative estimate of drug-likeness (QED) is 0.570. The Balaban J connectivity index is 1.45. The van der Waals surface area contributed by atoms with Crippen LogP contribution >= 0.6 is 0 Å². The predicted molar refractivity (Wildman–Crippen MR) is 126 cm³/mol. The number of hydrogen-bond acceptors (Lipinski definition) is 4. The fourth-order valence-electron chi connectivity index (χ4n) is 6.63. The van der Waals surface area contributed by atoms with Crippen LogP contribution in [0, 0.1) is 17.3 Å². The largest absolute Gasteiger partial charge is 0.497 e. The molecule has 2 aromatic rings. The predicted octanol–water partition coefficient (Wildman–Crippen LogP) is 5.83. The van der Waals surface area contributed by atoms with Crippen molar-refractivity contribution in [3.63, 3.8) is 0 Å². The maximum absolute atomic E-state index is 13.6. The number of rotatable bonds is 4. The normalized spacial score (nSPS) is 29.8. The Morgan fingerprint density at radius 2 is 1.78 bits per heavy atom. The van der Waals surface area contributed by atoms with E-state index in [1.807, 2.05) is 18.2 Å². The van der Waals surface area contributed by atoms with Crippen molar-refractivity contribution in [2.75, 3.05) is 21.3 Å². The van der Waals surface area contributed by atoms with Gasteiger partial charge in [-0.1, -0.05) is 19.1 Å². The summed E-state index contributed by atoms with van der Waals surface area (Å²) in [6.07, 6.45) is 7.23. The van der Waals surface area contributed by atoms with E-state index in [9.17, 15) is 4.79 Å². The van der Waals surface area contributed by atoms with Gasteiger partial charge in [0, 0.05) is 5.41 Å². The Labute approximate surface area is 190 Å². The molecule has 5 rings (SSSR count). The molecule has 4 nitrogen and oxygen atoms in total. The fraction of sp³-hybridized carbons (Fsp3) is 0.464. The molecule has 0 saturated heterocycles. The van der Waals surface area contributed by atoms with Gasteiger partial charge in [-0.3, -0.25) is 4.79 Å². The number of aryl methyl sites for hydroxylation is 1. The first kappa shape index (κ1) is 21.1. The summed E-state index contributed by atoms with van der Waals surface area (Å²) in [7, 11) is 5.01. The van der Waals surface area contributed by atoms with Crippen LogP contribution in [0.3, 0.4) is 0 Å². The molecule has 32 heavy (non-hydrogen) atoms. The van der Waals surface area contributed by atoms with Crippen LogP contribution in [0.25, 0.3) is 6.08 Å². The van der Waals surface area contributed by atoms with Crippen molar-refractivity contribution in [1.82, 2.24) is 0 Å². The summed E-state index contributed by atoms with van der Waals surface area (Å²) in [6.45, 7) is 2.22. The van der Waals surface area contributed by atoms with Crippen LogP contribution in [0.1, 0.15) is 55.2 Å². The maximum atomic E-state index is 13.6. The van der Waals surface area contributed by atoms with Crippen molar-refractivity contribution < 1.29 is 19.0 Å². The van der Waals surface area contributed by atoms with Gasteiger partial charge in [0.1, 0.15) is 5.75 Å². The Morgan fingerprint density at radius 3 is 2.53 bits per heavy atom. The number of ether oxygens (including phenoxy) is 3. The summed E-state index contributed by atoms with van der Waals surface area (Å²) < 4.78 is 16.3. The number of methoxy groups -OCH3 is 3. The van der Waals surface area contributed by atoms with Gasteiger partial charge in [0.2, 0.25) is 0 Å². The number of carbonyl (C=O) groups is 1. The lowest BCUT2D eigenvalue weighted by Gasteiger charge is -2.48. The van der Waals surface area contributed by atoms with Gasteiger partial charge in [-0.15, -0.1) is 0 Å². The fourth-order valence-corrected chi connectivity index (χ4v) is 6.63. The minimum Gasteiger partial charge on any atom is -0.497 e. The molecule has 0 aromatic heterocycles. The maximum Gasteiger partial charge on any atom is 0.165 e. The van der Waals surface area contributed by atoms with Crippen molar-refractivity contribution in [2.24, 2.45) is 17.3 Å². The molecular weight excluding hydrogens is 400 g/mol. The highest BCUT2D eigenvalue weighted by Gasteiger charge is 2.56. The highest BCUT2D eigenvalue weighted by molar-refractivity contribution is 6.06. The Morgan fingerprint density at radius 1 is 0.969 bits per heavy atom. The van der Waals surface area contributed by atoms with Crippen molar-refractivity contribution in [3.05, 3.63) is 58.7 Å². The molecule has 3 aliphatic rings. The van der Waals surface area contributed by atoms with E-state index in [0.29, 0.717) is 35.0 Å². The van der Waals surface area contributed by atoms with Crippen LogP contribution in [0.5, 0.6) is 17.2 Å². The van der Waals surface area contributed by atoms with Gasteiger partial charge < -0.3 is 14.2 Å². The zero-order valence-electron chi connectivity index (χ0n) is 19.4. The number of hydrogen-bond donors (Lipinski definition) is 0. The third kappa shape index (κ3) is 3.23. The first-order valence-electron chi connectivity index (χ1n) is 11.6. The summed E-state index contributed by atoms with van der Waals surface area (Å²) in [5.41, 5.74) is 4.62. The van der Waals surface area contributed by atoms with Crippen molar-refractivity contribution in [1.29, 1.82) is 0 Å². The molecule has 4 atom stereocenters. The molecule has 2 saturated carbocycles. The average molecular weight is 433 g/mol. The molecule has 0 heterocycles. The Bertz CT molecular complexity index is 1080. The van der Waals surface area contributed by atoms with E-state index < -0.39 is 0 Å². The smallest absolute Gasteiger partial charge is 0.165 e. The molecular formula is C28H32O4. The SMILES string of the molecule is COc1ccc2c(c1)CC[C@@H]1[C@@H]2CC[C@@]2(C)C(=O)/C(=C/c3ccc(OC)c(OC)c3)C[C@@H]12. The number of fused-ring (bicyclic) bond motifs is 5. The summed E-state index contributed by atoms with van der Waals surface area (Å²) in [6, 6.07) is 12.4. The van der Waals surface area contributed by atoms with Crippen molar-refractivity contribution >= 4 is 11.9 Å². The first-order chi connectivity index (χ1) is 15.5. The highest BCUT2D eigenvalue weighted by atomic mass is 16.5. The molecule has 168 valence electrons. The molecule has 3 aliphatic carbocycles. The van der Waals surface area contributed by atoms with Crippen LogP contribution in [-0.4, -0.2) is 27.1 Å². The molecule has 2 fully saturated rings. The van der Waals surface area contributed by atoms with E-state index >= 15 is 0 Å². The van der Waals surface area contributed by atoms with E-state index in [2.05, 4.69) is 31.2 Å².